The number of nitrogens with two attached hydrogens (primary N) is 1. The van der Waals surface area contributed by atoms with Crippen molar-refractivity contribution in [3.63, 3.8) is 0 Å². The Morgan fingerprint density at radius 1 is 1.45 bits per heavy atom. The van der Waals surface area contributed by atoms with Crippen LogP contribution in [0.2, 0.25) is 0 Å². The van der Waals surface area contributed by atoms with Gasteiger partial charge in [-0.25, -0.2) is 0 Å². The second kappa shape index (κ2) is 3.56. The van der Waals surface area contributed by atoms with Crippen molar-refractivity contribution in [2.24, 2.45) is 17.1 Å². The smallest absolute Gasteiger partial charge is 0.226 e. The maximum atomic E-state index is 10.8. The summed E-state index contributed by atoms with van der Waals surface area (Å²) in [4.78, 5) is 10.8. The van der Waals surface area contributed by atoms with Crippen molar-refractivity contribution in [2.45, 2.75) is 27.7 Å². The van der Waals surface area contributed by atoms with E-state index in [1.165, 1.54) is 0 Å². The van der Waals surface area contributed by atoms with Crippen LogP contribution < -0.4 is 5.73 Å². The van der Waals surface area contributed by atoms with E-state index >= 15 is 0 Å². The Balaban J connectivity index is 4.23. The van der Waals surface area contributed by atoms with Crippen molar-refractivity contribution in [1.29, 1.82) is 0 Å². The first-order chi connectivity index (χ1) is 4.86. The number of rotatable bonds is 3. The number of primary amides is 1. The van der Waals surface area contributed by atoms with E-state index in [2.05, 4.69) is 13.8 Å². The Hall–Kier alpha value is -0.790. The third-order valence-electron chi connectivity index (χ3n) is 1.53. The molecule has 0 atom stereocenters. The lowest BCUT2D eigenvalue weighted by Gasteiger charge is -2.14. The fourth-order valence-corrected chi connectivity index (χ4v) is 0.515. The zero-order valence-electron chi connectivity index (χ0n) is 7.72. The second-order valence-corrected chi connectivity index (χ2v) is 3.69. The van der Waals surface area contributed by atoms with Gasteiger partial charge in [0, 0.05) is 0 Å². The zero-order chi connectivity index (χ0) is 9.07. The molecule has 0 aromatic rings. The molecular formula is C9H17NO. The SMILES string of the molecule is CC(C)/C=C/C(C)(C)C(N)=O. The van der Waals surface area contributed by atoms with Gasteiger partial charge >= 0.3 is 0 Å². The van der Waals surface area contributed by atoms with Gasteiger partial charge in [-0.1, -0.05) is 26.0 Å². The van der Waals surface area contributed by atoms with E-state index in [1.54, 1.807) is 0 Å². The highest BCUT2D eigenvalue weighted by molar-refractivity contribution is 5.81. The second-order valence-electron chi connectivity index (χ2n) is 3.69. The molecule has 0 heterocycles. The number of carbonyl (C=O) groups is 1. The Morgan fingerprint density at radius 3 is 2.18 bits per heavy atom. The summed E-state index contributed by atoms with van der Waals surface area (Å²) in [6, 6.07) is 0. The van der Waals surface area contributed by atoms with Crippen LogP contribution in [-0.2, 0) is 4.79 Å². The van der Waals surface area contributed by atoms with Crippen LogP contribution in [0.1, 0.15) is 27.7 Å². The molecule has 0 aliphatic rings. The third-order valence-corrected chi connectivity index (χ3v) is 1.53. The van der Waals surface area contributed by atoms with Gasteiger partial charge in [-0.3, -0.25) is 4.79 Å². The highest BCUT2D eigenvalue weighted by atomic mass is 16.1. The molecule has 0 fully saturated rings. The van der Waals surface area contributed by atoms with E-state index in [0.29, 0.717) is 5.92 Å². The summed E-state index contributed by atoms with van der Waals surface area (Å²) in [6.45, 7) is 7.75. The molecule has 0 aliphatic carbocycles. The molecule has 2 N–H and O–H groups in total. The average Bonchev–Trinajstić information content (AvgIpc) is 1.84. The number of carbonyl (C=O) groups excluding carboxylic acids is 1. The number of hydrogen-bond donors (Lipinski definition) is 1. The van der Waals surface area contributed by atoms with E-state index in [1.807, 2.05) is 26.0 Å². The maximum Gasteiger partial charge on any atom is 0.226 e. The van der Waals surface area contributed by atoms with Gasteiger partial charge < -0.3 is 5.73 Å². The fourth-order valence-electron chi connectivity index (χ4n) is 0.515. The van der Waals surface area contributed by atoms with Gasteiger partial charge in [0.2, 0.25) is 5.91 Å². The Morgan fingerprint density at radius 2 is 1.91 bits per heavy atom. The largest absolute Gasteiger partial charge is 0.369 e. The molecule has 0 saturated heterocycles. The van der Waals surface area contributed by atoms with E-state index < -0.39 is 5.41 Å². The summed E-state index contributed by atoms with van der Waals surface area (Å²) >= 11 is 0. The van der Waals surface area contributed by atoms with Crippen LogP contribution in [-0.4, -0.2) is 5.91 Å². The van der Waals surface area contributed by atoms with Crippen molar-refractivity contribution < 1.29 is 4.79 Å². The van der Waals surface area contributed by atoms with Gasteiger partial charge in [0.25, 0.3) is 0 Å². The monoisotopic (exact) mass is 155 g/mol. The van der Waals surface area contributed by atoms with Crippen molar-refractivity contribution in [3.05, 3.63) is 12.2 Å². The maximum absolute atomic E-state index is 10.8. The standard InChI is InChI=1S/C9H17NO/c1-7(2)5-6-9(3,4)8(10)11/h5-7H,1-4H3,(H2,10,11)/b6-5+. The first-order valence-electron chi connectivity index (χ1n) is 3.85. The predicted octanol–water partition coefficient (Wildman–Crippen LogP) is 1.71. The Kier molecular flexibility index (Phi) is 3.30. The zero-order valence-corrected chi connectivity index (χ0v) is 7.72. The van der Waals surface area contributed by atoms with E-state index in [9.17, 15) is 4.79 Å². The molecule has 11 heavy (non-hydrogen) atoms. The molecule has 0 bridgehead atoms. The topological polar surface area (TPSA) is 43.1 Å². The van der Waals surface area contributed by atoms with Gasteiger partial charge in [-0.15, -0.1) is 0 Å². The normalized spacial score (nSPS) is 12.8. The van der Waals surface area contributed by atoms with Gasteiger partial charge in [-0.2, -0.15) is 0 Å². The van der Waals surface area contributed by atoms with Crippen LogP contribution >= 0.6 is 0 Å². The summed E-state index contributed by atoms with van der Waals surface area (Å²) in [7, 11) is 0. The van der Waals surface area contributed by atoms with E-state index in [-0.39, 0.29) is 5.91 Å². The summed E-state index contributed by atoms with van der Waals surface area (Å²) < 4.78 is 0. The fraction of sp³-hybridized carbons (Fsp3) is 0.667. The van der Waals surface area contributed by atoms with Crippen LogP contribution in [0.3, 0.4) is 0 Å². The lowest BCUT2D eigenvalue weighted by atomic mass is 9.91. The molecular weight excluding hydrogens is 138 g/mol. The summed E-state index contributed by atoms with van der Waals surface area (Å²) in [6.07, 6.45) is 3.85. The molecule has 1 amide bonds. The lowest BCUT2D eigenvalue weighted by molar-refractivity contribution is -0.123. The number of amides is 1. The van der Waals surface area contributed by atoms with E-state index in [0.717, 1.165) is 0 Å². The minimum absolute atomic E-state index is 0.283. The van der Waals surface area contributed by atoms with Gasteiger partial charge in [0.1, 0.15) is 0 Å². The van der Waals surface area contributed by atoms with Crippen LogP contribution in [0.4, 0.5) is 0 Å². The third kappa shape index (κ3) is 3.81. The number of allylic oxidation sites excluding steroid dienone is 1. The summed E-state index contributed by atoms with van der Waals surface area (Å²) in [5.41, 5.74) is 4.66. The molecule has 64 valence electrons. The predicted molar refractivity (Wildman–Crippen MR) is 47.0 cm³/mol. The quantitative estimate of drug-likeness (QED) is 0.619. The first kappa shape index (κ1) is 10.2. The van der Waals surface area contributed by atoms with Crippen molar-refractivity contribution in [3.8, 4) is 0 Å². The molecule has 0 aromatic carbocycles. The molecule has 0 aliphatic heterocycles. The molecule has 0 unspecified atom stereocenters. The molecule has 2 nitrogen and oxygen atoms in total. The molecule has 0 rings (SSSR count). The molecule has 0 radical (unpaired) electrons. The Labute approximate surface area is 68.5 Å². The van der Waals surface area contributed by atoms with Crippen LogP contribution in [0.25, 0.3) is 0 Å². The van der Waals surface area contributed by atoms with Crippen LogP contribution in [0, 0.1) is 11.3 Å². The summed E-state index contributed by atoms with van der Waals surface area (Å²) in [5, 5.41) is 0. The number of hydrogen-bond acceptors (Lipinski definition) is 1. The molecule has 0 aromatic heterocycles. The van der Waals surface area contributed by atoms with E-state index in [4.69, 9.17) is 5.73 Å². The summed E-state index contributed by atoms with van der Waals surface area (Å²) in [5.74, 6) is 0.183. The van der Waals surface area contributed by atoms with Crippen molar-refractivity contribution >= 4 is 5.91 Å². The van der Waals surface area contributed by atoms with Crippen molar-refractivity contribution in [2.75, 3.05) is 0 Å². The van der Waals surface area contributed by atoms with Gasteiger partial charge in [0.15, 0.2) is 0 Å². The van der Waals surface area contributed by atoms with Crippen LogP contribution in [0.15, 0.2) is 12.2 Å². The van der Waals surface area contributed by atoms with Gasteiger partial charge in [0.05, 0.1) is 5.41 Å². The molecule has 2 heteroatoms. The molecule has 0 spiro atoms. The highest BCUT2D eigenvalue weighted by Crippen LogP contribution is 2.16. The lowest BCUT2D eigenvalue weighted by Crippen LogP contribution is -2.29. The minimum atomic E-state index is -0.510. The van der Waals surface area contributed by atoms with Crippen LogP contribution in [0.5, 0.6) is 0 Å². The molecule has 0 saturated carbocycles. The first-order valence-corrected chi connectivity index (χ1v) is 3.85. The van der Waals surface area contributed by atoms with Crippen molar-refractivity contribution in [1.82, 2.24) is 0 Å². The van der Waals surface area contributed by atoms with Gasteiger partial charge in [-0.05, 0) is 19.8 Å². The minimum Gasteiger partial charge on any atom is -0.369 e. The average molecular weight is 155 g/mol. The highest BCUT2D eigenvalue weighted by Gasteiger charge is 2.20. The Bertz CT molecular complexity index is 168.